The van der Waals surface area contributed by atoms with Crippen molar-refractivity contribution in [2.75, 3.05) is 31.6 Å². The molecule has 0 saturated carbocycles. The average Bonchev–Trinajstić information content (AvgIpc) is 3.23. The van der Waals surface area contributed by atoms with E-state index in [1.807, 2.05) is 54.6 Å². The third kappa shape index (κ3) is 4.49. The lowest BCUT2D eigenvalue weighted by Crippen LogP contribution is -2.39. The number of fused-ring (bicyclic) bond motifs is 1. The van der Waals surface area contributed by atoms with Crippen molar-refractivity contribution < 1.29 is 13.9 Å². The number of rotatable bonds is 6. The largest absolute Gasteiger partial charge is 0.457 e. The number of furan rings is 1. The number of carbonyl (C=O) groups is 1. The van der Waals surface area contributed by atoms with E-state index >= 15 is 0 Å². The molecule has 1 aliphatic heterocycles. The zero-order valence-electron chi connectivity index (χ0n) is 19.7. The van der Waals surface area contributed by atoms with Gasteiger partial charge in [-0.2, -0.15) is 0 Å². The summed E-state index contributed by atoms with van der Waals surface area (Å²) in [6, 6.07) is 25.8. The highest BCUT2D eigenvalue weighted by Crippen LogP contribution is 2.41. The minimum absolute atomic E-state index is 0.136. The molecule has 174 valence electrons. The van der Waals surface area contributed by atoms with Crippen LogP contribution in [0.4, 0.5) is 5.69 Å². The highest BCUT2D eigenvalue weighted by molar-refractivity contribution is 6.09. The molecule has 0 bridgehead atoms. The molecule has 1 atom stereocenters. The molecule has 1 unspecified atom stereocenters. The molecule has 1 saturated heterocycles. The molecule has 1 fully saturated rings. The summed E-state index contributed by atoms with van der Waals surface area (Å²) < 4.78 is 12.1. The van der Waals surface area contributed by atoms with Crippen molar-refractivity contribution in [3.63, 3.8) is 0 Å². The van der Waals surface area contributed by atoms with E-state index in [0.29, 0.717) is 24.7 Å². The molecule has 2 heterocycles. The number of amides is 1. The van der Waals surface area contributed by atoms with Gasteiger partial charge in [-0.15, -0.1) is 0 Å². The number of nitrogens with one attached hydrogen (secondary N) is 1. The Morgan fingerprint density at radius 3 is 2.21 bits per heavy atom. The van der Waals surface area contributed by atoms with Crippen molar-refractivity contribution in [1.29, 1.82) is 0 Å². The standard InChI is InChI=1S/C29H30N2O3/c1-20(2)21-12-14-22(15-13-21)27(31-16-18-33-19-17-31)28-26(24-10-6-7-11-25(24)34-28)30-29(32)23-8-4-3-5-9-23/h3-15,20,27H,16-19H2,1-2H3,(H,30,32). The Morgan fingerprint density at radius 2 is 1.50 bits per heavy atom. The van der Waals surface area contributed by atoms with Crippen LogP contribution < -0.4 is 5.32 Å². The van der Waals surface area contributed by atoms with Gasteiger partial charge in [0.05, 0.1) is 24.9 Å². The topological polar surface area (TPSA) is 54.7 Å². The van der Waals surface area contributed by atoms with Gasteiger partial charge in [-0.05, 0) is 41.3 Å². The van der Waals surface area contributed by atoms with Gasteiger partial charge in [0.15, 0.2) is 0 Å². The SMILES string of the molecule is CC(C)c1ccc(C(c2oc3ccccc3c2NC(=O)c2ccccc2)N2CCOCC2)cc1. The van der Waals surface area contributed by atoms with Gasteiger partial charge in [0.2, 0.25) is 0 Å². The van der Waals surface area contributed by atoms with E-state index in [1.54, 1.807) is 0 Å². The van der Waals surface area contributed by atoms with Gasteiger partial charge >= 0.3 is 0 Å². The summed E-state index contributed by atoms with van der Waals surface area (Å²) in [5.41, 5.74) is 4.54. The third-order valence-corrected chi connectivity index (χ3v) is 6.48. The summed E-state index contributed by atoms with van der Waals surface area (Å²) in [6.07, 6.45) is 0. The van der Waals surface area contributed by atoms with Gasteiger partial charge in [-0.25, -0.2) is 0 Å². The number of hydrogen-bond donors (Lipinski definition) is 1. The smallest absolute Gasteiger partial charge is 0.255 e. The lowest BCUT2D eigenvalue weighted by Gasteiger charge is -2.34. The molecule has 5 rings (SSSR count). The van der Waals surface area contributed by atoms with Crippen LogP contribution in [0.1, 0.15) is 53.1 Å². The van der Waals surface area contributed by atoms with E-state index in [2.05, 4.69) is 48.3 Å². The first-order valence-corrected chi connectivity index (χ1v) is 11.9. The molecule has 0 spiro atoms. The Kier molecular flexibility index (Phi) is 6.48. The van der Waals surface area contributed by atoms with Crippen molar-refractivity contribution >= 4 is 22.6 Å². The van der Waals surface area contributed by atoms with Gasteiger partial charge in [0.25, 0.3) is 5.91 Å². The van der Waals surface area contributed by atoms with E-state index in [-0.39, 0.29) is 11.9 Å². The van der Waals surface area contributed by atoms with E-state index in [0.717, 1.165) is 41.1 Å². The molecule has 0 radical (unpaired) electrons. The third-order valence-electron chi connectivity index (χ3n) is 6.48. The molecular formula is C29H30N2O3. The molecule has 1 N–H and O–H groups in total. The quantitative estimate of drug-likeness (QED) is 0.375. The lowest BCUT2D eigenvalue weighted by atomic mass is 9.96. The molecule has 1 amide bonds. The highest BCUT2D eigenvalue weighted by Gasteiger charge is 2.31. The van der Waals surface area contributed by atoms with Crippen LogP contribution in [0.2, 0.25) is 0 Å². The molecule has 3 aromatic carbocycles. The van der Waals surface area contributed by atoms with Crippen molar-refractivity contribution in [1.82, 2.24) is 4.90 Å². The fourth-order valence-corrected chi connectivity index (χ4v) is 4.59. The summed E-state index contributed by atoms with van der Waals surface area (Å²) >= 11 is 0. The molecule has 5 nitrogen and oxygen atoms in total. The Bertz CT molecular complexity index is 1260. The summed E-state index contributed by atoms with van der Waals surface area (Å²) in [7, 11) is 0. The predicted octanol–water partition coefficient (Wildman–Crippen LogP) is 6.23. The Hall–Kier alpha value is -3.41. The summed E-state index contributed by atoms with van der Waals surface area (Å²) in [6.45, 7) is 7.33. The lowest BCUT2D eigenvalue weighted by molar-refractivity contribution is 0.0206. The summed E-state index contributed by atoms with van der Waals surface area (Å²) in [5.74, 6) is 1.07. The fraction of sp³-hybridized carbons (Fsp3) is 0.276. The maximum atomic E-state index is 13.2. The van der Waals surface area contributed by atoms with Crippen LogP contribution in [0.5, 0.6) is 0 Å². The number of anilines is 1. The maximum Gasteiger partial charge on any atom is 0.255 e. The van der Waals surface area contributed by atoms with E-state index in [1.165, 1.54) is 5.56 Å². The second-order valence-electron chi connectivity index (χ2n) is 9.03. The number of morpholine rings is 1. The number of hydrogen-bond acceptors (Lipinski definition) is 4. The second-order valence-corrected chi connectivity index (χ2v) is 9.03. The van der Waals surface area contributed by atoms with Crippen LogP contribution in [-0.4, -0.2) is 37.1 Å². The number of benzene rings is 3. The van der Waals surface area contributed by atoms with Crippen LogP contribution in [0.15, 0.2) is 83.3 Å². The predicted molar refractivity (Wildman–Crippen MR) is 135 cm³/mol. The van der Waals surface area contributed by atoms with Crippen molar-refractivity contribution in [2.24, 2.45) is 0 Å². The molecule has 0 aliphatic carbocycles. The van der Waals surface area contributed by atoms with Crippen LogP contribution in [0.25, 0.3) is 11.0 Å². The average molecular weight is 455 g/mol. The zero-order chi connectivity index (χ0) is 23.5. The minimum Gasteiger partial charge on any atom is -0.457 e. The molecular weight excluding hydrogens is 424 g/mol. The number of ether oxygens (including phenoxy) is 1. The Balaban J connectivity index is 1.62. The van der Waals surface area contributed by atoms with Gasteiger partial charge in [0.1, 0.15) is 11.3 Å². The number of para-hydroxylation sites is 1. The fourth-order valence-electron chi connectivity index (χ4n) is 4.59. The van der Waals surface area contributed by atoms with Crippen LogP contribution in [0, 0.1) is 0 Å². The van der Waals surface area contributed by atoms with Crippen molar-refractivity contribution in [3.8, 4) is 0 Å². The molecule has 1 aliphatic rings. The molecule has 4 aromatic rings. The van der Waals surface area contributed by atoms with Crippen molar-refractivity contribution in [2.45, 2.75) is 25.8 Å². The molecule has 34 heavy (non-hydrogen) atoms. The van der Waals surface area contributed by atoms with Crippen molar-refractivity contribution in [3.05, 3.63) is 101 Å². The van der Waals surface area contributed by atoms with E-state index < -0.39 is 0 Å². The van der Waals surface area contributed by atoms with Crippen LogP contribution in [0.3, 0.4) is 0 Å². The number of carbonyl (C=O) groups excluding carboxylic acids is 1. The van der Waals surface area contributed by atoms with Gasteiger partial charge in [-0.3, -0.25) is 9.69 Å². The van der Waals surface area contributed by atoms with E-state index in [4.69, 9.17) is 9.15 Å². The molecule has 1 aromatic heterocycles. The van der Waals surface area contributed by atoms with Gasteiger partial charge in [0, 0.05) is 24.0 Å². The van der Waals surface area contributed by atoms with Crippen LogP contribution in [-0.2, 0) is 4.74 Å². The normalized spacial score (nSPS) is 15.5. The zero-order valence-corrected chi connectivity index (χ0v) is 19.7. The Labute approximate surface area is 200 Å². The first kappa shape index (κ1) is 22.4. The van der Waals surface area contributed by atoms with Crippen LogP contribution >= 0.6 is 0 Å². The molecule has 5 heteroatoms. The summed E-state index contributed by atoms with van der Waals surface area (Å²) in [4.78, 5) is 15.6. The summed E-state index contributed by atoms with van der Waals surface area (Å²) in [5, 5.41) is 4.08. The first-order chi connectivity index (χ1) is 16.6. The maximum absolute atomic E-state index is 13.2. The van der Waals surface area contributed by atoms with Gasteiger partial charge < -0.3 is 14.5 Å². The van der Waals surface area contributed by atoms with E-state index in [9.17, 15) is 4.79 Å². The first-order valence-electron chi connectivity index (χ1n) is 11.9. The second kappa shape index (κ2) is 9.84. The monoisotopic (exact) mass is 454 g/mol. The Morgan fingerprint density at radius 1 is 0.853 bits per heavy atom. The van der Waals surface area contributed by atoms with Gasteiger partial charge in [-0.1, -0.05) is 68.4 Å². The number of nitrogens with zero attached hydrogens (tertiary/aromatic N) is 1. The highest BCUT2D eigenvalue weighted by atomic mass is 16.5. The minimum atomic E-state index is -0.149.